The highest BCUT2D eigenvalue weighted by atomic mass is 16.2. The molecule has 0 spiro atoms. The zero-order chi connectivity index (χ0) is 11.8. The SMILES string of the molecule is C[C@H]1C[C@@H](C(=O)NC(C2CC2)C2CC2)CCN1. The largest absolute Gasteiger partial charge is 0.353 e. The average Bonchev–Trinajstić information content (AvgIpc) is 3.16. The van der Waals surface area contributed by atoms with Gasteiger partial charge in [-0.15, -0.1) is 0 Å². The molecule has 2 aliphatic carbocycles. The van der Waals surface area contributed by atoms with Gasteiger partial charge in [-0.05, 0) is 63.8 Å². The molecule has 1 heterocycles. The van der Waals surface area contributed by atoms with Crippen LogP contribution in [-0.2, 0) is 4.79 Å². The fourth-order valence-electron chi connectivity index (χ4n) is 3.18. The minimum absolute atomic E-state index is 0.256. The number of hydrogen-bond donors (Lipinski definition) is 2. The summed E-state index contributed by atoms with van der Waals surface area (Å²) in [7, 11) is 0. The van der Waals surface area contributed by atoms with Crippen molar-refractivity contribution in [2.75, 3.05) is 6.54 Å². The van der Waals surface area contributed by atoms with Crippen molar-refractivity contribution in [3.63, 3.8) is 0 Å². The Kier molecular flexibility index (Phi) is 3.12. The Morgan fingerprint density at radius 1 is 1.18 bits per heavy atom. The smallest absolute Gasteiger partial charge is 0.223 e. The van der Waals surface area contributed by atoms with Gasteiger partial charge >= 0.3 is 0 Å². The number of rotatable bonds is 4. The van der Waals surface area contributed by atoms with Gasteiger partial charge in [0.1, 0.15) is 0 Å². The van der Waals surface area contributed by atoms with E-state index in [0.717, 1.165) is 31.2 Å². The van der Waals surface area contributed by atoms with E-state index in [4.69, 9.17) is 0 Å². The van der Waals surface area contributed by atoms with Crippen LogP contribution >= 0.6 is 0 Å². The van der Waals surface area contributed by atoms with Crippen LogP contribution in [0.15, 0.2) is 0 Å². The van der Waals surface area contributed by atoms with Gasteiger partial charge in [-0.25, -0.2) is 0 Å². The van der Waals surface area contributed by atoms with Crippen LogP contribution in [0.2, 0.25) is 0 Å². The number of carbonyl (C=O) groups excluding carboxylic acids is 1. The van der Waals surface area contributed by atoms with E-state index >= 15 is 0 Å². The van der Waals surface area contributed by atoms with Crippen molar-refractivity contribution in [3.05, 3.63) is 0 Å². The third kappa shape index (κ3) is 2.82. The Hall–Kier alpha value is -0.570. The van der Waals surface area contributed by atoms with Crippen molar-refractivity contribution < 1.29 is 4.79 Å². The van der Waals surface area contributed by atoms with E-state index in [1.54, 1.807) is 0 Å². The molecule has 3 rings (SSSR count). The molecule has 0 aromatic rings. The van der Waals surface area contributed by atoms with E-state index in [1.807, 2.05) is 0 Å². The Morgan fingerprint density at radius 2 is 1.82 bits per heavy atom. The summed E-state index contributed by atoms with van der Waals surface area (Å²) in [6.07, 6.45) is 7.37. The highest BCUT2D eigenvalue weighted by Gasteiger charge is 2.42. The molecule has 2 atom stereocenters. The molecule has 0 unspecified atom stereocenters. The van der Waals surface area contributed by atoms with Gasteiger partial charge in [0.25, 0.3) is 0 Å². The van der Waals surface area contributed by atoms with Crippen LogP contribution < -0.4 is 10.6 Å². The molecule has 0 bridgehead atoms. The minimum atomic E-state index is 0.256. The molecule has 3 heteroatoms. The molecular formula is C14H24N2O. The number of nitrogens with one attached hydrogen (secondary N) is 2. The topological polar surface area (TPSA) is 41.1 Å². The van der Waals surface area contributed by atoms with Crippen LogP contribution in [0.1, 0.15) is 45.4 Å². The monoisotopic (exact) mass is 236 g/mol. The molecule has 2 N–H and O–H groups in total. The highest BCUT2D eigenvalue weighted by Crippen LogP contribution is 2.44. The van der Waals surface area contributed by atoms with Gasteiger partial charge in [-0.3, -0.25) is 4.79 Å². The number of hydrogen-bond acceptors (Lipinski definition) is 2. The Bertz CT molecular complexity index is 285. The Balaban J connectivity index is 1.54. The van der Waals surface area contributed by atoms with E-state index in [1.165, 1.54) is 25.7 Å². The fourth-order valence-corrected chi connectivity index (χ4v) is 3.18. The van der Waals surface area contributed by atoms with Crippen LogP contribution in [0, 0.1) is 17.8 Å². The predicted molar refractivity (Wildman–Crippen MR) is 67.6 cm³/mol. The molecule has 17 heavy (non-hydrogen) atoms. The molecule has 0 aromatic heterocycles. The van der Waals surface area contributed by atoms with Gasteiger partial charge in [-0.1, -0.05) is 0 Å². The second-order valence-electron chi connectivity index (χ2n) is 6.29. The molecule has 1 aliphatic heterocycles. The lowest BCUT2D eigenvalue weighted by Gasteiger charge is -2.29. The minimum Gasteiger partial charge on any atom is -0.353 e. The van der Waals surface area contributed by atoms with Crippen LogP contribution in [0.4, 0.5) is 0 Å². The third-order valence-electron chi connectivity index (χ3n) is 4.56. The molecule has 2 saturated carbocycles. The maximum atomic E-state index is 12.3. The van der Waals surface area contributed by atoms with E-state index < -0.39 is 0 Å². The van der Waals surface area contributed by atoms with Gasteiger partial charge in [0, 0.05) is 18.0 Å². The predicted octanol–water partition coefficient (Wildman–Crippen LogP) is 1.68. The summed E-state index contributed by atoms with van der Waals surface area (Å²) < 4.78 is 0. The van der Waals surface area contributed by atoms with Gasteiger partial charge < -0.3 is 10.6 Å². The number of amides is 1. The molecule has 0 radical (unpaired) electrons. The summed E-state index contributed by atoms with van der Waals surface area (Å²) >= 11 is 0. The molecule has 3 fully saturated rings. The molecule has 1 saturated heterocycles. The van der Waals surface area contributed by atoms with E-state index in [0.29, 0.717) is 18.0 Å². The third-order valence-corrected chi connectivity index (χ3v) is 4.56. The molecule has 96 valence electrons. The van der Waals surface area contributed by atoms with Crippen LogP contribution in [0.25, 0.3) is 0 Å². The second-order valence-corrected chi connectivity index (χ2v) is 6.29. The summed E-state index contributed by atoms with van der Waals surface area (Å²) in [4.78, 5) is 12.3. The van der Waals surface area contributed by atoms with Crippen molar-refractivity contribution in [1.82, 2.24) is 10.6 Å². The zero-order valence-electron chi connectivity index (χ0n) is 10.7. The lowest BCUT2D eigenvalue weighted by atomic mass is 9.92. The Morgan fingerprint density at radius 3 is 2.35 bits per heavy atom. The normalized spacial score (nSPS) is 33.8. The quantitative estimate of drug-likeness (QED) is 0.780. The van der Waals surface area contributed by atoms with E-state index in [9.17, 15) is 4.79 Å². The molecule has 0 aromatic carbocycles. The number of carbonyl (C=O) groups is 1. The van der Waals surface area contributed by atoms with Crippen molar-refractivity contribution in [1.29, 1.82) is 0 Å². The van der Waals surface area contributed by atoms with Gasteiger partial charge in [0.2, 0.25) is 5.91 Å². The number of piperidine rings is 1. The fraction of sp³-hybridized carbons (Fsp3) is 0.929. The average molecular weight is 236 g/mol. The summed E-state index contributed by atoms with van der Waals surface area (Å²) in [6.45, 7) is 3.18. The maximum Gasteiger partial charge on any atom is 0.223 e. The Labute approximate surface area is 104 Å². The first-order chi connectivity index (χ1) is 8.24. The summed E-state index contributed by atoms with van der Waals surface area (Å²) in [5.41, 5.74) is 0. The van der Waals surface area contributed by atoms with E-state index in [2.05, 4.69) is 17.6 Å². The van der Waals surface area contributed by atoms with Gasteiger partial charge in [0.15, 0.2) is 0 Å². The second kappa shape index (κ2) is 4.60. The van der Waals surface area contributed by atoms with E-state index in [-0.39, 0.29) is 5.92 Å². The first-order valence-corrected chi connectivity index (χ1v) is 7.28. The molecule has 1 amide bonds. The lowest BCUT2D eigenvalue weighted by molar-refractivity contribution is -0.127. The molecule has 3 aliphatic rings. The van der Waals surface area contributed by atoms with Crippen LogP contribution in [0.5, 0.6) is 0 Å². The van der Waals surface area contributed by atoms with Crippen LogP contribution in [0.3, 0.4) is 0 Å². The van der Waals surface area contributed by atoms with Crippen molar-refractivity contribution >= 4 is 5.91 Å². The first-order valence-electron chi connectivity index (χ1n) is 7.28. The summed E-state index contributed by atoms with van der Waals surface area (Å²) in [5.74, 6) is 2.21. The zero-order valence-corrected chi connectivity index (χ0v) is 10.7. The lowest BCUT2D eigenvalue weighted by Crippen LogP contribution is -2.46. The van der Waals surface area contributed by atoms with Crippen molar-refractivity contribution in [2.24, 2.45) is 17.8 Å². The van der Waals surface area contributed by atoms with Crippen molar-refractivity contribution in [2.45, 2.75) is 57.5 Å². The summed E-state index contributed by atoms with van der Waals surface area (Å²) in [5, 5.41) is 6.77. The standard InChI is InChI=1S/C14H24N2O/c1-9-8-12(6-7-15-9)14(17)16-13(10-2-3-10)11-4-5-11/h9-13,15H,2-8H2,1H3,(H,16,17)/t9-,12-/m0/s1. The highest BCUT2D eigenvalue weighted by molar-refractivity contribution is 5.79. The van der Waals surface area contributed by atoms with Gasteiger partial charge in [-0.2, -0.15) is 0 Å². The maximum absolute atomic E-state index is 12.3. The first kappa shape index (κ1) is 11.5. The van der Waals surface area contributed by atoms with Gasteiger partial charge in [0.05, 0.1) is 0 Å². The summed E-state index contributed by atoms with van der Waals surface area (Å²) in [6, 6.07) is 1.02. The van der Waals surface area contributed by atoms with Crippen molar-refractivity contribution in [3.8, 4) is 0 Å². The molecular weight excluding hydrogens is 212 g/mol. The molecule has 3 nitrogen and oxygen atoms in total. The van der Waals surface area contributed by atoms with Crippen LogP contribution in [-0.4, -0.2) is 24.5 Å².